The molecule has 1 N–H and O–H groups in total. The maximum Gasteiger partial charge on any atom is 0.0456 e. The van der Waals surface area contributed by atoms with Gasteiger partial charge in [0.2, 0.25) is 0 Å². The lowest BCUT2D eigenvalue weighted by Gasteiger charge is -2.04. The average molecular weight is 128 g/mol. The Morgan fingerprint density at radius 2 is 2.22 bits per heavy atom. The van der Waals surface area contributed by atoms with Crippen LogP contribution in [0.15, 0.2) is 0 Å². The standard InChI is InChI=1S/C8H16O/c1-6(5-9)3-8-4-7(8)2/h6-9H,3-5H2,1-2H3/t6?,7?,8-/m1/s1. The van der Waals surface area contributed by atoms with E-state index in [1.165, 1.54) is 12.8 Å². The average Bonchev–Trinajstić information content (AvgIpc) is 2.47. The SMILES string of the molecule is CC(CO)C[C@@H]1CC1C. The second-order valence-corrected chi connectivity index (χ2v) is 3.50. The van der Waals surface area contributed by atoms with Crippen LogP contribution in [0.2, 0.25) is 0 Å². The summed E-state index contributed by atoms with van der Waals surface area (Å²) in [6.45, 7) is 4.77. The minimum Gasteiger partial charge on any atom is -0.396 e. The summed E-state index contributed by atoms with van der Waals surface area (Å²) in [4.78, 5) is 0. The van der Waals surface area contributed by atoms with Crippen LogP contribution in [0.4, 0.5) is 0 Å². The molecule has 0 amide bonds. The second kappa shape index (κ2) is 2.70. The Kier molecular flexibility index (Phi) is 2.12. The van der Waals surface area contributed by atoms with Crippen molar-refractivity contribution in [3.8, 4) is 0 Å². The van der Waals surface area contributed by atoms with Gasteiger partial charge in [-0.25, -0.2) is 0 Å². The highest BCUT2D eigenvalue weighted by Crippen LogP contribution is 2.42. The molecular formula is C8H16O. The van der Waals surface area contributed by atoms with Gasteiger partial charge in [-0.2, -0.15) is 0 Å². The molecule has 1 aliphatic rings. The third kappa shape index (κ3) is 1.98. The van der Waals surface area contributed by atoms with Gasteiger partial charge in [0, 0.05) is 6.61 Å². The van der Waals surface area contributed by atoms with Gasteiger partial charge in [-0.05, 0) is 30.6 Å². The quantitative estimate of drug-likeness (QED) is 0.613. The van der Waals surface area contributed by atoms with E-state index in [1.54, 1.807) is 0 Å². The maximum absolute atomic E-state index is 8.70. The molecule has 2 unspecified atom stereocenters. The Bertz CT molecular complexity index is 88.6. The molecule has 0 aromatic heterocycles. The zero-order chi connectivity index (χ0) is 6.85. The molecule has 3 atom stereocenters. The summed E-state index contributed by atoms with van der Waals surface area (Å²) in [5.74, 6) is 2.41. The van der Waals surface area contributed by atoms with Gasteiger partial charge in [0.1, 0.15) is 0 Å². The van der Waals surface area contributed by atoms with Crippen molar-refractivity contribution in [1.29, 1.82) is 0 Å². The summed E-state index contributed by atoms with van der Waals surface area (Å²) in [6, 6.07) is 0. The van der Waals surface area contributed by atoms with E-state index < -0.39 is 0 Å². The maximum atomic E-state index is 8.70. The molecule has 1 rings (SSSR count). The van der Waals surface area contributed by atoms with Crippen molar-refractivity contribution in [3.63, 3.8) is 0 Å². The van der Waals surface area contributed by atoms with Crippen LogP contribution in [0.1, 0.15) is 26.7 Å². The fourth-order valence-corrected chi connectivity index (χ4v) is 1.32. The lowest BCUT2D eigenvalue weighted by atomic mass is 10.1. The Balaban J connectivity index is 2.05. The summed E-state index contributed by atoms with van der Waals surface area (Å²) in [5, 5.41) is 8.70. The summed E-state index contributed by atoms with van der Waals surface area (Å²) in [7, 11) is 0. The van der Waals surface area contributed by atoms with Crippen molar-refractivity contribution in [3.05, 3.63) is 0 Å². The molecule has 9 heavy (non-hydrogen) atoms. The number of hydrogen-bond donors (Lipinski definition) is 1. The third-order valence-electron chi connectivity index (χ3n) is 2.29. The highest BCUT2D eigenvalue weighted by atomic mass is 16.3. The molecule has 0 radical (unpaired) electrons. The van der Waals surface area contributed by atoms with Crippen LogP contribution in [-0.4, -0.2) is 11.7 Å². The van der Waals surface area contributed by atoms with Gasteiger partial charge in [0.05, 0.1) is 0 Å². The summed E-state index contributed by atoms with van der Waals surface area (Å²) in [5.41, 5.74) is 0. The van der Waals surface area contributed by atoms with Crippen molar-refractivity contribution in [2.45, 2.75) is 26.7 Å². The van der Waals surface area contributed by atoms with E-state index in [-0.39, 0.29) is 0 Å². The van der Waals surface area contributed by atoms with E-state index in [2.05, 4.69) is 13.8 Å². The fraction of sp³-hybridized carbons (Fsp3) is 1.00. The predicted octanol–water partition coefficient (Wildman–Crippen LogP) is 1.66. The van der Waals surface area contributed by atoms with E-state index in [4.69, 9.17) is 5.11 Å². The molecule has 0 heterocycles. The van der Waals surface area contributed by atoms with E-state index in [0.717, 1.165) is 11.8 Å². The summed E-state index contributed by atoms with van der Waals surface area (Å²) in [6.07, 6.45) is 2.63. The van der Waals surface area contributed by atoms with Crippen LogP contribution in [0.5, 0.6) is 0 Å². The van der Waals surface area contributed by atoms with Crippen molar-refractivity contribution in [2.75, 3.05) is 6.61 Å². The van der Waals surface area contributed by atoms with Crippen molar-refractivity contribution >= 4 is 0 Å². The van der Waals surface area contributed by atoms with Crippen molar-refractivity contribution < 1.29 is 5.11 Å². The molecule has 0 spiro atoms. The van der Waals surface area contributed by atoms with Crippen LogP contribution in [0.25, 0.3) is 0 Å². The molecule has 1 saturated carbocycles. The largest absolute Gasteiger partial charge is 0.396 e. The molecule has 1 aliphatic carbocycles. The lowest BCUT2D eigenvalue weighted by Crippen LogP contribution is -2.01. The van der Waals surface area contributed by atoms with Crippen LogP contribution in [0.3, 0.4) is 0 Å². The Morgan fingerprint density at radius 3 is 2.56 bits per heavy atom. The molecule has 0 aromatic carbocycles. The molecular weight excluding hydrogens is 112 g/mol. The van der Waals surface area contributed by atoms with Gasteiger partial charge >= 0.3 is 0 Å². The number of hydrogen-bond acceptors (Lipinski definition) is 1. The Morgan fingerprint density at radius 1 is 1.67 bits per heavy atom. The molecule has 1 fully saturated rings. The molecule has 1 nitrogen and oxygen atoms in total. The molecule has 0 aromatic rings. The van der Waals surface area contributed by atoms with Gasteiger partial charge < -0.3 is 5.11 Å². The molecule has 0 saturated heterocycles. The van der Waals surface area contributed by atoms with Crippen LogP contribution in [-0.2, 0) is 0 Å². The first kappa shape index (κ1) is 7.07. The summed E-state index contributed by atoms with van der Waals surface area (Å²) >= 11 is 0. The minimum atomic E-state index is 0.364. The smallest absolute Gasteiger partial charge is 0.0456 e. The Hall–Kier alpha value is -0.0400. The van der Waals surface area contributed by atoms with Gasteiger partial charge in [0.15, 0.2) is 0 Å². The van der Waals surface area contributed by atoms with Crippen LogP contribution < -0.4 is 0 Å². The normalized spacial score (nSPS) is 36.3. The van der Waals surface area contributed by atoms with Crippen molar-refractivity contribution in [1.82, 2.24) is 0 Å². The van der Waals surface area contributed by atoms with Crippen molar-refractivity contribution in [2.24, 2.45) is 17.8 Å². The molecule has 54 valence electrons. The predicted molar refractivity (Wildman–Crippen MR) is 38.1 cm³/mol. The van der Waals surface area contributed by atoms with Crippen LogP contribution >= 0.6 is 0 Å². The Labute approximate surface area is 57.1 Å². The molecule has 0 aliphatic heterocycles. The topological polar surface area (TPSA) is 20.2 Å². The summed E-state index contributed by atoms with van der Waals surface area (Å²) < 4.78 is 0. The van der Waals surface area contributed by atoms with E-state index in [0.29, 0.717) is 12.5 Å². The zero-order valence-electron chi connectivity index (χ0n) is 6.30. The number of aliphatic hydroxyl groups is 1. The second-order valence-electron chi connectivity index (χ2n) is 3.50. The van der Waals surface area contributed by atoms with Gasteiger partial charge in [-0.1, -0.05) is 13.8 Å². The van der Waals surface area contributed by atoms with E-state index >= 15 is 0 Å². The van der Waals surface area contributed by atoms with Crippen LogP contribution in [0, 0.1) is 17.8 Å². The molecule has 1 heteroatoms. The highest BCUT2D eigenvalue weighted by molar-refractivity contribution is 4.83. The van der Waals surface area contributed by atoms with Gasteiger partial charge in [-0.3, -0.25) is 0 Å². The lowest BCUT2D eigenvalue weighted by molar-refractivity contribution is 0.224. The minimum absolute atomic E-state index is 0.364. The third-order valence-corrected chi connectivity index (χ3v) is 2.29. The fourth-order valence-electron chi connectivity index (χ4n) is 1.32. The zero-order valence-corrected chi connectivity index (χ0v) is 6.30. The first-order chi connectivity index (χ1) is 4.24. The number of rotatable bonds is 3. The van der Waals surface area contributed by atoms with E-state index in [9.17, 15) is 0 Å². The molecule has 0 bridgehead atoms. The monoisotopic (exact) mass is 128 g/mol. The highest BCUT2D eigenvalue weighted by Gasteiger charge is 2.32. The first-order valence-electron chi connectivity index (χ1n) is 3.85. The van der Waals surface area contributed by atoms with Gasteiger partial charge in [-0.15, -0.1) is 0 Å². The van der Waals surface area contributed by atoms with Gasteiger partial charge in [0.25, 0.3) is 0 Å². The number of aliphatic hydroxyl groups excluding tert-OH is 1. The first-order valence-corrected chi connectivity index (χ1v) is 3.85. The van der Waals surface area contributed by atoms with E-state index in [1.807, 2.05) is 0 Å².